The SMILES string of the molecule is O=C(OCc1cccc2ccccc12)[C@H]1CC(=O)N(CCc2ccccc2)C1. The number of nitrogens with zero attached hydrogens (tertiary/aromatic N) is 1. The minimum Gasteiger partial charge on any atom is -0.461 e. The van der Waals surface area contributed by atoms with E-state index in [4.69, 9.17) is 4.74 Å². The summed E-state index contributed by atoms with van der Waals surface area (Å²) in [4.78, 5) is 26.6. The number of ether oxygens (including phenoxy) is 1. The molecule has 4 rings (SSSR count). The molecule has 0 radical (unpaired) electrons. The third kappa shape index (κ3) is 4.06. The van der Waals surface area contributed by atoms with Crippen molar-refractivity contribution in [2.24, 2.45) is 5.92 Å². The van der Waals surface area contributed by atoms with Crippen molar-refractivity contribution < 1.29 is 14.3 Å². The summed E-state index contributed by atoms with van der Waals surface area (Å²) in [5.74, 6) is -0.634. The fourth-order valence-corrected chi connectivity index (χ4v) is 3.74. The van der Waals surface area contributed by atoms with Gasteiger partial charge in [0, 0.05) is 19.5 Å². The Hall–Kier alpha value is -3.14. The Morgan fingerprint density at radius 3 is 2.57 bits per heavy atom. The number of carbonyl (C=O) groups excluding carboxylic acids is 2. The van der Waals surface area contributed by atoms with Crippen LogP contribution in [0.15, 0.2) is 72.8 Å². The van der Waals surface area contributed by atoms with Crippen molar-refractivity contribution >= 4 is 22.6 Å². The standard InChI is InChI=1S/C24H23NO3/c26-23-15-21(16-25(23)14-13-18-7-2-1-3-8-18)24(27)28-17-20-11-6-10-19-9-4-5-12-22(19)20/h1-12,21H,13-17H2/t21-/m0/s1. The monoisotopic (exact) mass is 373 g/mol. The number of fused-ring (bicyclic) bond motifs is 1. The van der Waals surface area contributed by atoms with E-state index >= 15 is 0 Å². The zero-order valence-corrected chi connectivity index (χ0v) is 15.7. The second-order valence-electron chi connectivity index (χ2n) is 7.22. The lowest BCUT2D eigenvalue weighted by Gasteiger charge is -2.16. The van der Waals surface area contributed by atoms with Crippen LogP contribution in [0.2, 0.25) is 0 Å². The van der Waals surface area contributed by atoms with E-state index in [0.29, 0.717) is 13.1 Å². The van der Waals surface area contributed by atoms with E-state index in [1.54, 1.807) is 4.90 Å². The lowest BCUT2D eigenvalue weighted by Crippen LogP contribution is -2.28. The van der Waals surface area contributed by atoms with Crippen molar-refractivity contribution in [3.05, 3.63) is 83.9 Å². The average Bonchev–Trinajstić information content (AvgIpc) is 3.12. The van der Waals surface area contributed by atoms with Gasteiger partial charge in [-0.3, -0.25) is 9.59 Å². The first-order chi connectivity index (χ1) is 13.7. The highest BCUT2D eigenvalue weighted by Crippen LogP contribution is 2.22. The summed E-state index contributed by atoms with van der Waals surface area (Å²) in [5, 5.41) is 2.21. The first kappa shape index (κ1) is 18.2. The van der Waals surface area contributed by atoms with Gasteiger partial charge in [0.05, 0.1) is 5.92 Å². The predicted molar refractivity (Wildman–Crippen MR) is 109 cm³/mol. The summed E-state index contributed by atoms with van der Waals surface area (Å²) < 4.78 is 5.56. The Balaban J connectivity index is 1.33. The Kier molecular flexibility index (Phi) is 5.38. The molecule has 3 aromatic carbocycles. The van der Waals surface area contributed by atoms with Gasteiger partial charge in [0.1, 0.15) is 6.61 Å². The molecule has 0 aromatic heterocycles. The van der Waals surface area contributed by atoms with Crippen molar-refractivity contribution in [3.63, 3.8) is 0 Å². The first-order valence-corrected chi connectivity index (χ1v) is 9.65. The van der Waals surface area contributed by atoms with E-state index in [0.717, 1.165) is 22.8 Å². The van der Waals surface area contributed by atoms with Crippen LogP contribution in [0.5, 0.6) is 0 Å². The molecule has 0 N–H and O–H groups in total. The van der Waals surface area contributed by atoms with Crippen molar-refractivity contribution in [2.75, 3.05) is 13.1 Å². The number of esters is 1. The molecule has 1 aliphatic rings. The van der Waals surface area contributed by atoms with Gasteiger partial charge in [-0.25, -0.2) is 0 Å². The van der Waals surface area contributed by atoms with Crippen LogP contribution in [0.3, 0.4) is 0 Å². The van der Waals surface area contributed by atoms with Crippen LogP contribution in [-0.4, -0.2) is 29.9 Å². The van der Waals surface area contributed by atoms with E-state index < -0.39 is 0 Å². The van der Waals surface area contributed by atoms with Gasteiger partial charge in [-0.1, -0.05) is 72.8 Å². The smallest absolute Gasteiger partial charge is 0.311 e. The number of hydrogen-bond donors (Lipinski definition) is 0. The molecular weight excluding hydrogens is 350 g/mol. The molecule has 0 unspecified atom stereocenters. The number of rotatable bonds is 6. The van der Waals surface area contributed by atoms with Gasteiger partial charge < -0.3 is 9.64 Å². The third-order valence-electron chi connectivity index (χ3n) is 5.31. The summed E-state index contributed by atoms with van der Waals surface area (Å²) in [5.41, 5.74) is 2.17. The Morgan fingerprint density at radius 1 is 0.964 bits per heavy atom. The van der Waals surface area contributed by atoms with Gasteiger partial charge in [0.15, 0.2) is 0 Å². The highest BCUT2D eigenvalue weighted by Gasteiger charge is 2.35. The maximum atomic E-state index is 12.5. The third-order valence-corrected chi connectivity index (χ3v) is 5.31. The maximum absolute atomic E-state index is 12.5. The highest BCUT2D eigenvalue weighted by molar-refractivity contribution is 5.88. The molecule has 1 atom stereocenters. The molecule has 0 spiro atoms. The minimum absolute atomic E-state index is 0.0306. The second kappa shape index (κ2) is 8.26. The molecule has 1 aliphatic heterocycles. The lowest BCUT2D eigenvalue weighted by atomic mass is 10.1. The van der Waals surface area contributed by atoms with Crippen LogP contribution in [0, 0.1) is 5.92 Å². The van der Waals surface area contributed by atoms with Crippen molar-refractivity contribution in [2.45, 2.75) is 19.4 Å². The molecule has 0 bridgehead atoms. The molecule has 1 heterocycles. The molecule has 0 aliphatic carbocycles. The largest absolute Gasteiger partial charge is 0.461 e. The molecule has 1 amide bonds. The van der Waals surface area contributed by atoms with Gasteiger partial charge in [-0.2, -0.15) is 0 Å². The first-order valence-electron chi connectivity index (χ1n) is 9.65. The molecule has 0 saturated carbocycles. The number of benzene rings is 3. The van der Waals surface area contributed by atoms with E-state index in [1.807, 2.05) is 60.7 Å². The van der Waals surface area contributed by atoms with Crippen LogP contribution < -0.4 is 0 Å². The van der Waals surface area contributed by atoms with Crippen LogP contribution in [-0.2, 0) is 27.4 Å². The molecule has 4 nitrogen and oxygen atoms in total. The Labute approximate surface area is 164 Å². The lowest BCUT2D eigenvalue weighted by molar-refractivity contribution is -0.149. The van der Waals surface area contributed by atoms with E-state index in [2.05, 4.69) is 12.1 Å². The highest BCUT2D eigenvalue weighted by atomic mass is 16.5. The minimum atomic E-state index is -0.377. The second-order valence-corrected chi connectivity index (χ2v) is 7.22. The molecule has 28 heavy (non-hydrogen) atoms. The number of hydrogen-bond acceptors (Lipinski definition) is 3. The average molecular weight is 373 g/mol. The van der Waals surface area contributed by atoms with Gasteiger partial charge in [0.25, 0.3) is 0 Å². The summed E-state index contributed by atoms with van der Waals surface area (Å²) in [6.07, 6.45) is 1.04. The number of likely N-dealkylation sites (tertiary alicyclic amines) is 1. The molecular formula is C24H23NO3. The van der Waals surface area contributed by atoms with Crippen molar-refractivity contribution in [1.29, 1.82) is 0 Å². The summed E-state index contributed by atoms with van der Waals surface area (Å²) >= 11 is 0. The molecule has 4 heteroatoms. The van der Waals surface area contributed by atoms with Crippen LogP contribution in [0.1, 0.15) is 17.5 Å². The Morgan fingerprint density at radius 2 is 1.71 bits per heavy atom. The van der Waals surface area contributed by atoms with Crippen LogP contribution in [0.4, 0.5) is 0 Å². The van der Waals surface area contributed by atoms with Crippen LogP contribution >= 0.6 is 0 Å². The zero-order chi connectivity index (χ0) is 19.3. The fourth-order valence-electron chi connectivity index (χ4n) is 3.74. The van der Waals surface area contributed by atoms with E-state index in [1.165, 1.54) is 5.56 Å². The van der Waals surface area contributed by atoms with Gasteiger partial charge in [0.2, 0.25) is 5.91 Å². The molecule has 1 saturated heterocycles. The summed E-state index contributed by atoms with van der Waals surface area (Å²) in [7, 11) is 0. The number of carbonyl (C=O) groups is 2. The normalized spacial score (nSPS) is 16.5. The zero-order valence-electron chi connectivity index (χ0n) is 15.7. The quantitative estimate of drug-likeness (QED) is 0.614. The van der Waals surface area contributed by atoms with E-state index in [9.17, 15) is 9.59 Å². The van der Waals surface area contributed by atoms with Crippen molar-refractivity contribution in [3.8, 4) is 0 Å². The van der Waals surface area contributed by atoms with Crippen LogP contribution in [0.25, 0.3) is 10.8 Å². The summed E-state index contributed by atoms with van der Waals surface area (Å²) in [6.45, 7) is 1.31. The van der Waals surface area contributed by atoms with Gasteiger partial charge in [-0.15, -0.1) is 0 Å². The molecule has 3 aromatic rings. The molecule has 1 fully saturated rings. The fraction of sp³-hybridized carbons (Fsp3) is 0.250. The van der Waals surface area contributed by atoms with Gasteiger partial charge in [-0.05, 0) is 28.3 Å². The van der Waals surface area contributed by atoms with Gasteiger partial charge >= 0.3 is 5.97 Å². The topological polar surface area (TPSA) is 46.6 Å². The van der Waals surface area contributed by atoms with Crippen molar-refractivity contribution in [1.82, 2.24) is 4.90 Å². The van der Waals surface area contributed by atoms with E-state index in [-0.39, 0.29) is 30.8 Å². The Bertz CT molecular complexity index is 978. The number of amides is 1. The summed E-state index contributed by atoms with van der Waals surface area (Å²) in [6, 6.07) is 24.1. The molecule has 142 valence electrons. The maximum Gasteiger partial charge on any atom is 0.311 e. The predicted octanol–water partition coefficient (Wildman–Crippen LogP) is 3.97.